The molecule has 0 aliphatic rings. The number of nitrogens with zero attached hydrogens (tertiary/aromatic N) is 4. The number of hydrogen-bond acceptors (Lipinski definition) is 4. The van der Waals surface area contributed by atoms with Crippen molar-refractivity contribution in [1.29, 1.82) is 0 Å². The summed E-state index contributed by atoms with van der Waals surface area (Å²) in [6, 6.07) is 5.71. The number of pyridine rings is 1. The lowest BCUT2D eigenvalue weighted by atomic mass is 10.3. The third kappa shape index (κ3) is 2.47. The predicted octanol–water partition coefficient (Wildman–Crippen LogP) is 2.17. The molecule has 0 amide bonds. The van der Waals surface area contributed by atoms with E-state index >= 15 is 0 Å². The number of H-pyrrole nitrogens is 1. The number of aromatic amines is 1. The van der Waals surface area contributed by atoms with Crippen LogP contribution in [0, 0.1) is 4.77 Å². The number of rotatable bonds is 3. The summed E-state index contributed by atoms with van der Waals surface area (Å²) < 4.78 is 2.14. The highest BCUT2D eigenvalue weighted by Crippen LogP contribution is 2.02. The Hall–Kier alpha value is -1.82. The minimum absolute atomic E-state index is 0.497. The van der Waals surface area contributed by atoms with Crippen LogP contribution in [0.4, 0.5) is 0 Å². The number of nitrogens with one attached hydrogen (secondary N) is 1. The molecule has 0 aromatic carbocycles. The zero-order valence-electron chi connectivity index (χ0n) is 9.71. The lowest BCUT2D eigenvalue weighted by Crippen LogP contribution is -2.04. The Kier molecular flexibility index (Phi) is 3.43. The summed E-state index contributed by atoms with van der Waals surface area (Å²) in [5, 5.41) is 11.3. The van der Waals surface area contributed by atoms with Gasteiger partial charge in [0.2, 0.25) is 4.77 Å². The Morgan fingerprint density at radius 2 is 2.35 bits per heavy atom. The predicted molar refractivity (Wildman–Crippen MR) is 68.6 cm³/mol. The highest BCUT2D eigenvalue weighted by molar-refractivity contribution is 7.71. The first kappa shape index (κ1) is 11.7. The van der Waals surface area contributed by atoms with Crippen LogP contribution in [-0.2, 0) is 6.42 Å². The Morgan fingerprint density at radius 3 is 3.00 bits per heavy atom. The summed E-state index contributed by atoms with van der Waals surface area (Å²) in [5.74, 6) is 0.810. The monoisotopic (exact) mass is 247 g/mol. The van der Waals surface area contributed by atoms with Crippen LogP contribution in [0.25, 0.3) is 0 Å². The third-order valence-electron chi connectivity index (χ3n) is 2.32. The summed E-state index contributed by atoms with van der Waals surface area (Å²) in [7, 11) is 0. The smallest absolute Gasteiger partial charge is 0.216 e. The van der Waals surface area contributed by atoms with Gasteiger partial charge < -0.3 is 0 Å². The second-order valence-electron chi connectivity index (χ2n) is 3.51. The molecule has 2 aromatic rings. The molecule has 1 N–H and O–H groups in total. The molecule has 2 aromatic heterocycles. The van der Waals surface area contributed by atoms with Crippen molar-refractivity contribution in [2.45, 2.75) is 20.3 Å². The van der Waals surface area contributed by atoms with Crippen molar-refractivity contribution in [2.24, 2.45) is 5.10 Å². The van der Waals surface area contributed by atoms with E-state index in [1.807, 2.05) is 32.0 Å². The molecule has 0 spiro atoms. The lowest BCUT2D eigenvalue weighted by Gasteiger charge is -2.01. The van der Waals surface area contributed by atoms with Crippen molar-refractivity contribution in [3.05, 3.63) is 40.7 Å². The van der Waals surface area contributed by atoms with Crippen molar-refractivity contribution in [1.82, 2.24) is 19.9 Å². The van der Waals surface area contributed by atoms with Crippen LogP contribution >= 0.6 is 12.2 Å². The highest BCUT2D eigenvalue weighted by atomic mass is 32.1. The van der Waals surface area contributed by atoms with Gasteiger partial charge in [-0.05, 0) is 31.3 Å². The van der Waals surface area contributed by atoms with Crippen LogP contribution in [0.3, 0.4) is 0 Å². The molecule has 0 aliphatic heterocycles. The van der Waals surface area contributed by atoms with Gasteiger partial charge in [0.1, 0.15) is 0 Å². The molecule has 2 heterocycles. The van der Waals surface area contributed by atoms with E-state index in [1.54, 1.807) is 10.9 Å². The number of aromatic nitrogens is 4. The summed E-state index contributed by atoms with van der Waals surface area (Å²) in [6.45, 7) is 3.91. The van der Waals surface area contributed by atoms with Gasteiger partial charge in [0.05, 0.1) is 11.4 Å². The minimum Gasteiger partial charge on any atom is -0.255 e. The van der Waals surface area contributed by atoms with E-state index < -0.39 is 0 Å². The van der Waals surface area contributed by atoms with Gasteiger partial charge >= 0.3 is 0 Å². The molecule has 0 saturated carbocycles. The molecule has 0 saturated heterocycles. The average molecular weight is 247 g/mol. The first-order valence-electron chi connectivity index (χ1n) is 5.35. The fraction of sp³-hybridized carbons (Fsp3) is 0.273. The van der Waals surface area contributed by atoms with Crippen molar-refractivity contribution in [2.75, 3.05) is 0 Å². The quantitative estimate of drug-likeness (QED) is 0.668. The Labute approximate surface area is 104 Å². The van der Waals surface area contributed by atoms with Crippen molar-refractivity contribution in [3.8, 4) is 0 Å². The first-order valence-corrected chi connectivity index (χ1v) is 5.76. The molecule has 0 atom stereocenters. The van der Waals surface area contributed by atoms with Crippen LogP contribution in [0.1, 0.15) is 25.4 Å². The Morgan fingerprint density at radius 1 is 1.53 bits per heavy atom. The lowest BCUT2D eigenvalue weighted by molar-refractivity contribution is 0.775. The van der Waals surface area contributed by atoms with Crippen molar-refractivity contribution in [3.63, 3.8) is 0 Å². The molecule has 0 bridgehead atoms. The van der Waals surface area contributed by atoms with E-state index in [4.69, 9.17) is 12.2 Å². The van der Waals surface area contributed by atoms with Crippen LogP contribution in [0.15, 0.2) is 29.5 Å². The number of hydrogen-bond donors (Lipinski definition) is 1. The van der Waals surface area contributed by atoms with Crippen molar-refractivity contribution >= 4 is 17.9 Å². The maximum absolute atomic E-state index is 5.12. The topological polar surface area (TPSA) is 58.9 Å². The fourth-order valence-electron chi connectivity index (χ4n) is 1.43. The van der Waals surface area contributed by atoms with Crippen molar-refractivity contribution < 1.29 is 0 Å². The van der Waals surface area contributed by atoms with E-state index in [-0.39, 0.29) is 0 Å². The van der Waals surface area contributed by atoms with Gasteiger partial charge in [-0.15, -0.1) is 0 Å². The molecule has 0 unspecified atom stereocenters. The van der Waals surface area contributed by atoms with E-state index in [1.165, 1.54) is 0 Å². The molecule has 88 valence electrons. The second kappa shape index (κ2) is 5.01. The van der Waals surface area contributed by atoms with E-state index in [9.17, 15) is 0 Å². The molecule has 0 radical (unpaired) electrons. The molecular formula is C11H13N5S. The van der Waals surface area contributed by atoms with Gasteiger partial charge in [-0.1, -0.05) is 13.0 Å². The van der Waals surface area contributed by atoms with Crippen LogP contribution in [0.2, 0.25) is 0 Å². The van der Waals surface area contributed by atoms with Gasteiger partial charge in [0, 0.05) is 12.6 Å². The van der Waals surface area contributed by atoms with Crippen LogP contribution in [0.5, 0.6) is 0 Å². The molecular weight excluding hydrogens is 234 g/mol. The van der Waals surface area contributed by atoms with Gasteiger partial charge in [-0.25, -0.2) is 0 Å². The van der Waals surface area contributed by atoms with Crippen LogP contribution < -0.4 is 0 Å². The summed E-state index contributed by atoms with van der Waals surface area (Å²) in [6.07, 6.45) is 2.51. The van der Waals surface area contributed by atoms with E-state index in [0.29, 0.717) is 4.77 Å². The zero-order valence-corrected chi connectivity index (χ0v) is 10.5. The third-order valence-corrected chi connectivity index (χ3v) is 2.58. The van der Waals surface area contributed by atoms with Gasteiger partial charge in [-0.2, -0.15) is 14.9 Å². The zero-order chi connectivity index (χ0) is 12.3. The highest BCUT2D eigenvalue weighted by Gasteiger charge is 2.04. The van der Waals surface area contributed by atoms with Gasteiger partial charge in [0.15, 0.2) is 5.82 Å². The maximum Gasteiger partial charge on any atom is 0.216 e. The van der Waals surface area contributed by atoms with Gasteiger partial charge in [0.25, 0.3) is 0 Å². The van der Waals surface area contributed by atoms with E-state index in [0.717, 1.165) is 23.7 Å². The molecule has 0 aliphatic carbocycles. The van der Waals surface area contributed by atoms with Gasteiger partial charge in [-0.3, -0.25) is 10.1 Å². The SMILES string of the molecule is CCc1n[nH]c(=S)n1/N=C(\C)c1ccccn1. The standard InChI is InChI=1S/C11H13N5S/c1-3-10-13-14-11(17)16(10)15-8(2)9-6-4-5-7-12-9/h4-7H,3H2,1-2H3,(H,14,17)/b15-8+. The maximum atomic E-state index is 5.12. The molecule has 0 fully saturated rings. The fourth-order valence-corrected chi connectivity index (χ4v) is 1.63. The Bertz CT molecular complexity index is 581. The normalized spacial score (nSPS) is 11.8. The average Bonchev–Trinajstić information content (AvgIpc) is 2.71. The largest absolute Gasteiger partial charge is 0.255 e. The summed E-state index contributed by atoms with van der Waals surface area (Å²) >= 11 is 5.12. The molecule has 2 rings (SSSR count). The summed E-state index contributed by atoms with van der Waals surface area (Å²) in [5.41, 5.74) is 1.63. The molecule has 17 heavy (non-hydrogen) atoms. The molecule has 5 nitrogen and oxygen atoms in total. The second-order valence-corrected chi connectivity index (χ2v) is 3.90. The number of aryl methyl sites for hydroxylation is 1. The minimum atomic E-state index is 0.497. The molecule has 6 heteroatoms. The van der Waals surface area contributed by atoms with Crippen LogP contribution in [-0.4, -0.2) is 25.6 Å². The van der Waals surface area contributed by atoms with E-state index in [2.05, 4.69) is 20.3 Å². The first-order chi connectivity index (χ1) is 8.22. The Balaban J connectivity index is 2.43. The summed E-state index contributed by atoms with van der Waals surface area (Å²) in [4.78, 5) is 4.24.